The molecule has 11 heteroatoms. The summed E-state index contributed by atoms with van der Waals surface area (Å²) in [7, 11) is -2.73. The predicted molar refractivity (Wildman–Crippen MR) is 103 cm³/mol. The molecule has 1 aromatic heterocycles. The van der Waals surface area contributed by atoms with E-state index in [0.717, 1.165) is 11.0 Å². The standard InChI is InChI=1S/C19H13FN4O5S/c1-29-17-16(21-9-10-22-17)23-30(27,28)12-7-5-11(6-8-12)24-18(25)13-3-2-4-14(20)15(13)19(24)26/h2-10H,1H3,(H,21,23). The van der Waals surface area contributed by atoms with E-state index < -0.39 is 27.7 Å². The first-order valence-corrected chi connectivity index (χ1v) is 9.97. The second-order valence-electron chi connectivity index (χ2n) is 6.12. The van der Waals surface area contributed by atoms with Crippen molar-refractivity contribution in [2.45, 2.75) is 4.90 Å². The fourth-order valence-electron chi connectivity index (χ4n) is 2.98. The molecular weight excluding hydrogens is 415 g/mol. The summed E-state index contributed by atoms with van der Waals surface area (Å²) in [5.74, 6) is -2.40. The molecule has 0 aliphatic carbocycles. The number of fused-ring (bicyclic) bond motifs is 1. The Kier molecular flexibility index (Phi) is 4.66. The molecule has 0 fully saturated rings. The lowest BCUT2D eigenvalue weighted by Gasteiger charge is -2.15. The summed E-state index contributed by atoms with van der Waals surface area (Å²) in [6.45, 7) is 0. The third-order valence-corrected chi connectivity index (χ3v) is 5.71. The Bertz CT molecular complexity index is 1280. The molecule has 0 saturated heterocycles. The van der Waals surface area contributed by atoms with Gasteiger partial charge in [-0.2, -0.15) is 0 Å². The molecule has 3 aromatic rings. The van der Waals surface area contributed by atoms with Crippen molar-refractivity contribution in [1.29, 1.82) is 0 Å². The smallest absolute Gasteiger partial charge is 0.269 e. The van der Waals surface area contributed by atoms with Crippen molar-refractivity contribution < 1.29 is 27.1 Å². The van der Waals surface area contributed by atoms with E-state index in [1.165, 1.54) is 55.9 Å². The molecule has 2 aromatic carbocycles. The quantitative estimate of drug-likeness (QED) is 0.619. The lowest BCUT2D eigenvalue weighted by molar-refractivity contribution is 0.0925. The van der Waals surface area contributed by atoms with E-state index in [1.807, 2.05) is 0 Å². The summed E-state index contributed by atoms with van der Waals surface area (Å²) < 4.78 is 46.5. The van der Waals surface area contributed by atoms with Crippen LogP contribution in [0.25, 0.3) is 0 Å². The molecule has 0 saturated carbocycles. The summed E-state index contributed by atoms with van der Waals surface area (Å²) in [4.78, 5) is 33.4. The van der Waals surface area contributed by atoms with Crippen molar-refractivity contribution in [2.75, 3.05) is 16.7 Å². The van der Waals surface area contributed by atoms with Crippen molar-refractivity contribution >= 4 is 33.3 Å². The molecule has 30 heavy (non-hydrogen) atoms. The topological polar surface area (TPSA) is 119 Å². The molecule has 1 aliphatic heterocycles. The van der Waals surface area contributed by atoms with E-state index in [0.29, 0.717) is 0 Å². The summed E-state index contributed by atoms with van der Waals surface area (Å²) in [6.07, 6.45) is 2.64. The van der Waals surface area contributed by atoms with Crippen molar-refractivity contribution in [3.63, 3.8) is 0 Å². The van der Waals surface area contributed by atoms with Gasteiger partial charge in [-0.25, -0.2) is 27.7 Å². The number of nitrogens with zero attached hydrogens (tertiary/aromatic N) is 3. The van der Waals surface area contributed by atoms with Gasteiger partial charge in [-0.1, -0.05) is 6.07 Å². The molecule has 2 amide bonds. The SMILES string of the molecule is COc1nccnc1NS(=O)(=O)c1ccc(N2C(=O)c3cccc(F)c3C2=O)cc1. The number of hydrogen-bond donors (Lipinski definition) is 1. The highest BCUT2D eigenvalue weighted by atomic mass is 32.2. The van der Waals surface area contributed by atoms with Crippen LogP contribution >= 0.6 is 0 Å². The number of hydrogen-bond acceptors (Lipinski definition) is 7. The highest BCUT2D eigenvalue weighted by Gasteiger charge is 2.38. The highest BCUT2D eigenvalue weighted by molar-refractivity contribution is 7.92. The van der Waals surface area contributed by atoms with Gasteiger partial charge in [0.2, 0.25) is 5.82 Å². The van der Waals surface area contributed by atoms with Crippen LogP contribution in [-0.2, 0) is 10.0 Å². The summed E-state index contributed by atoms with van der Waals surface area (Å²) >= 11 is 0. The van der Waals surface area contributed by atoms with E-state index in [4.69, 9.17) is 4.74 Å². The zero-order chi connectivity index (χ0) is 21.5. The summed E-state index contributed by atoms with van der Waals surface area (Å²) in [6, 6.07) is 8.77. The molecule has 9 nitrogen and oxygen atoms in total. The second-order valence-corrected chi connectivity index (χ2v) is 7.80. The lowest BCUT2D eigenvalue weighted by Crippen LogP contribution is -2.29. The van der Waals surface area contributed by atoms with Crippen molar-refractivity contribution in [1.82, 2.24) is 9.97 Å². The fraction of sp³-hybridized carbons (Fsp3) is 0.0526. The van der Waals surface area contributed by atoms with E-state index in [-0.39, 0.29) is 33.4 Å². The fourth-order valence-corrected chi connectivity index (χ4v) is 3.99. The largest absolute Gasteiger partial charge is 0.478 e. The molecule has 0 radical (unpaired) electrons. The Balaban J connectivity index is 1.63. The van der Waals surface area contributed by atoms with Crippen LogP contribution in [0.2, 0.25) is 0 Å². The highest BCUT2D eigenvalue weighted by Crippen LogP contribution is 2.31. The number of ether oxygens (including phenoxy) is 1. The van der Waals surface area contributed by atoms with Gasteiger partial charge in [0, 0.05) is 12.4 Å². The Morgan fingerprint density at radius 2 is 1.70 bits per heavy atom. The van der Waals surface area contributed by atoms with Gasteiger partial charge in [0.05, 0.1) is 28.8 Å². The maximum Gasteiger partial charge on any atom is 0.269 e. The Hall–Kier alpha value is -3.86. The van der Waals surface area contributed by atoms with Gasteiger partial charge in [0.1, 0.15) is 5.82 Å². The summed E-state index contributed by atoms with van der Waals surface area (Å²) in [5.41, 5.74) is -0.250. The van der Waals surface area contributed by atoms with E-state index >= 15 is 0 Å². The van der Waals surface area contributed by atoms with Crippen LogP contribution in [0.1, 0.15) is 20.7 Å². The van der Waals surface area contributed by atoms with Crippen molar-refractivity contribution in [3.05, 3.63) is 71.8 Å². The number of carbonyl (C=O) groups excluding carboxylic acids is 2. The second kappa shape index (κ2) is 7.19. The molecule has 1 N–H and O–H groups in total. The van der Waals surface area contributed by atoms with E-state index in [1.54, 1.807) is 0 Å². The first-order valence-electron chi connectivity index (χ1n) is 8.48. The number of benzene rings is 2. The Morgan fingerprint density at radius 3 is 2.37 bits per heavy atom. The van der Waals surface area contributed by atoms with Crippen molar-refractivity contribution in [3.8, 4) is 5.88 Å². The number of anilines is 2. The zero-order valence-electron chi connectivity index (χ0n) is 15.4. The molecule has 4 rings (SSSR count). The molecule has 152 valence electrons. The molecule has 1 aliphatic rings. The van der Waals surface area contributed by atoms with E-state index in [9.17, 15) is 22.4 Å². The minimum Gasteiger partial charge on any atom is -0.478 e. The van der Waals surface area contributed by atoms with Gasteiger partial charge in [0.15, 0.2) is 0 Å². The molecule has 0 spiro atoms. The van der Waals surface area contributed by atoms with Gasteiger partial charge in [-0.05, 0) is 36.4 Å². The third kappa shape index (κ3) is 3.14. The number of nitrogens with one attached hydrogen (secondary N) is 1. The zero-order valence-corrected chi connectivity index (χ0v) is 16.2. The van der Waals surface area contributed by atoms with Crippen LogP contribution in [-0.4, -0.2) is 37.3 Å². The number of aromatic nitrogens is 2. The Morgan fingerprint density at radius 1 is 1.00 bits per heavy atom. The maximum atomic E-state index is 14.0. The van der Waals surface area contributed by atoms with E-state index in [2.05, 4.69) is 14.7 Å². The number of methoxy groups -OCH3 is 1. The average Bonchev–Trinajstić information content (AvgIpc) is 2.99. The summed E-state index contributed by atoms with van der Waals surface area (Å²) in [5, 5.41) is 0. The number of rotatable bonds is 5. The number of amides is 2. The van der Waals surface area contributed by atoms with Gasteiger partial charge < -0.3 is 4.74 Å². The van der Waals surface area contributed by atoms with Crippen molar-refractivity contribution in [2.24, 2.45) is 0 Å². The van der Waals surface area contributed by atoms with Crippen LogP contribution in [0, 0.1) is 5.82 Å². The van der Waals surface area contributed by atoms with Gasteiger partial charge in [-0.15, -0.1) is 0 Å². The predicted octanol–water partition coefficient (Wildman–Crippen LogP) is 2.23. The van der Waals surface area contributed by atoms with Gasteiger partial charge in [0.25, 0.3) is 27.7 Å². The first kappa shape index (κ1) is 19.5. The normalized spacial score (nSPS) is 13.3. The maximum absolute atomic E-state index is 14.0. The molecular formula is C19H13FN4O5S. The van der Waals surface area contributed by atoms with Crippen LogP contribution < -0.4 is 14.4 Å². The molecule has 0 unspecified atom stereocenters. The van der Waals surface area contributed by atoms with Gasteiger partial charge >= 0.3 is 0 Å². The number of sulfonamides is 1. The number of halogens is 1. The Labute approximate surface area is 170 Å². The number of imide groups is 1. The first-order chi connectivity index (χ1) is 14.3. The molecule has 2 heterocycles. The van der Waals surface area contributed by atoms with Crippen LogP contribution in [0.15, 0.2) is 59.8 Å². The number of carbonyl (C=O) groups is 2. The lowest BCUT2D eigenvalue weighted by atomic mass is 10.1. The van der Waals surface area contributed by atoms with Gasteiger partial charge in [-0.3, -0.25) is 14.3 Å². The third-order valence-electron chi connectivity index (χ3n) is 4.36. The molecule has 0 atom stereocenters. The van der Waals surface area contributed by atoms with Crippen LogP contribution in [0.5, 0.6) is 5.88 Å². The minimum atomic E-state index is -4.05. The van der Waals surface area contributed by atoms with Crippen LogP contribution in [0.4, 0.5) is 15.9 Å². The average molecular weight is 428 g/mol. The molecule has 0 bridgehead atoms. The van der Waals surface area contributed by atoms with Crippen LogP contribution in [0.3, 0.4) is 0 Å². The monoisotopic (exact) mass is 428 g/mol. The minimum absolute atomic E-state index is 0.00857.